The third-order valence-electron chi connectivity index (χ3n) is 1.82. The second kappa shape index (κ2) is 5.21. The fraction of sp³-hybridized carbons (Fsp3) is 0.300. The molecule has 1 aromatic rings. The molecule has 5 nitrogen and oxygen atoms in total. The van der Waals surface area contributed by atoms with Gasteiger partial charge in [-0.3, -0.25) is 0 Å². The van der Waals surface area contributed by atoms with Crippen LogP contribution in [-0.2, 0) is 0 Å². The Labute approximate surface area is 87.1 Å². The first-order valence-corrected chi connectivity index (χ1v) is 4.52. The molecule has 15 heavy (non-hydrogen) atoms. The third kappa shape index (κ3) is 2.85. The van der Waals surface area contributed by atoms with Crippen molar-refractivity contribution >= 4 is 11.7 Å². The number of nitrogen functional groups attached to an aromatic ring is 1. The number of carbonyl (C=O) groups is 1. The van der Waals surface area contributed by atoms with E-state index in [1.807, 2.05) is 0 Å². The standard InChI is InChI=1S/C10H13NO4/c11-8-4-1-3-7(10(13)14)9(8)15-6-2-5-12/h1,3-4,12H,2,5-6,11H2,(H,13,14). The number of aliphatic hydroxyl groups excluding tert-OH is 1. The SMILES string of the molecule is Nc1cccc(C(=O)O)c1OCCCO. The first-order chi connectivity index (χ1) is 7.16. The smallest absolute Gasteiger partial charge is 0.339 e. The summed E-state index contributed by atoms with van der Waals surface area (Å²) < 4.78 is 5.20. The fourth-order valence-corrected chi connectivity index (χ4v) is 1.12. The molecule has 0 amide bonds. The molecule has 82 valence electrons. The summed E-state index contributed by atoms with van der Waals surface area (Å²) in [7, 11) is 0. The summed E-state index contributed by atoms with van der Waals surface area (Å²) in [5.41, 5.74) is 5.91. The lowest BCUT2D eigenvalue weighted by Gasteiger charge is -2.10. The lowest BCUT2D eigenvalue weighted by Crippen LogP contribution is -2.07. The van der Waals surface area contributed by atoms with Crippen molar-refractivity contribution in [3.05, 3.63) is 23.8 Å². The number of anilines is 1. The quantitative estimate of drug-likeness (QED) is 0.493. The zero-order valence-electron chi connectivity index (χ0n) is 8.14. The van der Waals surface area contributed by atoms with Crippen LogP contribution in [-0.4, -0.2) is 29.4 Å². The maximum Gasteiger partial charge on any atom is 0.339 e. The average Bonchev–Trinajstić information content (AvgIpc) is 2.20. The van der Waals surface area contributed by atoms with Crippen molar-refractivity contribution in [3.63, 3.8) is 0 Å². The van der Waals surface area contributed by atoms with Crippen LogP contribution in [0.5, 0.6) is 5.75 Å². The molecule has 0 unspecified atom stereocenters. The van der Waals surface area contributed by atoms with Gasteiger partial charge in [0.25, 0.3) is 0 Å². The van der Waals surface area contributed by atoms with E-state index in [-0.39, 0.29) is 30.2 Å². The Balaban J connectivity index is 2.87. The van der Waals surface area contributed by atoms with Crippen molar-refractivity contribution in [2.75, 3.05) is 18.9 Å². The molecule has 5 heteroatoms. The van der Waals surface area contributed by atoms with Gasteiger partial charge in [0.2, 0.25) is 0 Å². The first kappa shape index (κ1) is 11.3. The second-order valence-corrected chi connectivity index (χ2v) is 2.95. The lowest BCUT2D eigenvalue weighted by atomic mass is 10.2. The van der Waals surface area contributed by atoms with Crippen molar-refractivity contribution < 1.29 is 19.7 Å². The largest absolute Gasteiger partial charge is 0.490 e. The Morgan fingerprint density at radius 3 is 2.80 bits per heavy atom. The number of carboxylic acid groups (broad SMARTS) is 1. The van der Waals surface area contributed by atoms with E-state index in [0.717, 1.165) is 0 Å². The van der Waals surface area contributed by atoms with Gasteiger partial charge >= 0.3 is 5.97 Å². The second-order valence-electron chi connectivity index (χ2n) is 2.95. The molecule has 0 fully saturated rings. The first-order valence-electron chi connectivity index (χ1n) is 4.52. The van der Waals surface area contributed by atoms with Crippen molar-refractivity contribution in [1.29, 1.82) is 0 Å². The van der Waals surface area contributed by atoms with E-state index >= 15 is 0 Å². The predicted octanol–water partition coefficient (Wildman–Crippen LogP) is 0.728. The Hall–Kier alpha value is -1.75. The molecule has 4 N–H and O–H groups in total. The molecular weight excluding hydrogens is 198 g/mol. The molecule has 1 rings (SSSR count). The average molecular weight is 211 g/mol. The molecular formula is C10H13NO4. The van der Waals surface area contributed by atoms with Gasteiger partial charge in [0, 0.05) is 13.0 Å². The Bertz CT molecular complexity index is 351. The van der Waals surface area contributed by atoms with Crippen molar-refractivity contribution in [2.45, 2.75) is 6.42 Å². The zero-order valence-corrected chi connectivity index (χ0v) is 8.14. The van der Waals surface area contributed by atoms with Crippen LogP contribution in [0.4, 0.5) is 5.69 Å². The van der Waals surface area contributed by atoms with Crippen LogP contribution in [0.15, 0.2) is 18.2 Å². The number of hydrogen-bond donors (Lipinski definition) is 3. The van der Waals surface area contributed by atoms with E-state index in [4.69, 9.17) is 20.7 Å². The lowest BCUT2D eigenvalue weighted by molar-refractivity contribution is 0.0692. The topological polar surface area (TPSA) is 92.8 Å². The molecule has 0 spiro atoms. The minimum atomic E-state index is -1.08. The Morgan fingerprint density at radius 1 is 1.47 bits per heavy atom. The maximum absolute atomic E-state index is 10.8. The number of carboxylic acids is 1. The van der Waals surface area contributed by atoms with E-state index in [0.29, 0.717) is 6.42 Å². The summed E-state index contributed by atoms with van der Waals surface area (Å²) in [5, 5.41) is 17.4. The molecule has 0 saturated heterocycles. The molecule has 0 bridgehead atoms. The van der Waals surface area contributed by atoms with Crippen LogP contribution in [0.3, 0.4) is 0 Å². The van der Waals surface area contributed by atoms with E-state index < -0.39 is 5.97 Å². The number of rotatable bonds is 5. The highest BCUT2D eigenvalue weighted by Crippen LogP contribution is 2.26. The Morgan fingerprint density at radius 2 is 2.20 bits per heavy atom. The summed E-state index contributed by atoms with van der Waals surface area (Å²) >= 11 is 0. The maximum atomic E-state index is 10.8. The molecule has 0 heterocycles. The van der Waals surface area contributed by atoms with Crippen LogP contribution in [0.1, 0.15) is 16.8 Å². The summed E-state index contributed by atoms with van der Waals surface area (Å²) in [6.07, 6.45) is 0.438. The van der Waals surface area contributed by atoms with Gasteiger partial charge < -0.3 is 20.7 Å². The van der Waals surface area contributed by atoms with Gasteiger partial charge in [-0.2, -0.15) is 0 Å². The number of para-hydroxylation sites is 1. The number of aromatic carboxylic acids is 1. The summed E-state index contributed by atoms with van der Waals surface area (Å²) in [6, 6.07) is 4.55. The number of nitrogens with two attached hydrogens (primary N) is 1. The van der Waals surface area contributed by atoms with Gasteiger partial charge in [0.15, 0.2) is 5.75 Å². The molecule has 0 aliphatic rings. The molecule has 0 aliphatic carbocycles. The van der Waals surface area contributed by atoms with Gasteiger partial charge in [0.1, 0.15) is 5.56 Å². The normalized spacial score (nSPS) is 9.93. The van der Waals surface area contributed by atoms with Crippen LogP contribution in [0.25, 0.3) is 0 Å². The van der Waals surface area contributed by atoms with Crippen LogP contribution < -0.4 is 10.5 Å². The van der Waals surface area contributed by atoms with Crippen LogP contribution in [0, 0.1) is 0 Å². The molecule has 0 aliphatic heterocycles. The number of hydrogen-bond acceptors (Lipinski definition) is 4. The summed E-state index contributed by atoms with van der Waals surface area (Å²) in [5.74, 6) is -0.917. The van der Waals surface area contributed by atoms with Crippen LogP contribution >= 0.6 is 0 Å². The highest BCUT2D eigenvalue weighted by atomic mass is 16.5. The van der Waals surface area contributed by atoms with Gasteiger partial charge in [0.05, 0.1) is 12.3 Å². The van der Waals surface area contributed by atoms with Gasteiger partial charge in [-0.1, -0.05) is 6.07 Å². The van der Waals surface area contributed by atoms with E-state index in [1.54, 1.807) is 12.1 Å². The number of ether oxygens (including phenoxy) is 1. The van der Waals surface area contributed by atoms with Gasteiger partial charge in [-0.15, -0.1) is 0 Å². The van der Waals surface area contributed by atoms with Gasteiger partial charge in [-0.25, -0.2) is 4.79 Å². The monoisotopic (exact) mass is 211 g/mol. The van der Waals surface area contributed by atoms with Crippen molar-refractivity contribution in [3.8, 4) is 5.75 Å². The number of benzene rings is 1. The predicted molar refractivity (Wildman–Crippen MR) is 55.0 cm³/mol. The molecule has 0 radical (unpaired) electrons. The van der Waals surface area contributed by atoms with Crippen molar-refractivity contribution in [1.82, 2.24) is 0 Å². The fourth-order valence-electron chi connectivity index (χ4n) is 1.12. The molecule has 0 aromatic heterocycles. The summed E-state index contributed by atoms with van der Waals surface area (Å²) in [6.45, 7) is 0.236. The van der Waals surface area contributed by atoms with E-state index in [2.05, 4.69) is 0 Å². The zero-order chi connectivity index (χ0) is 11.3. The minimum Gasteiger partial charge on any atom is -0.490 e. The van der Waals surface area contributed by atoms with Crippen LogP contribution in [0.2, 0.25) is 0 Å². The molecule has 1 aromatic carbocycles. The molecule has 0 saturated carbocycles. The number of aliphatic hydroxyl groups is 1. The third-order valence-corrected chi connectivity index (χ3v) is 1.82. The van der Waals surface area contributed by atoms with E-state index in [1.165, 1.54) is 6.07 Å². The Kier molecular flexibility index (Phi) is 3.93. The van der Waals surface area contributed by atoms with Gasteiger partial charge in [-0.05, 0) is 12.1 Å². The summed E-state index contributed by atoms with van der Waals surface area (Å²) in [4.78, 5) is 10.8. The molecule has 0 atom stereocenters. The highest BCUT2D eigenvalue weighted by molar-refractivity contribution is 5.93. The highest BCUT2D eigenvalue weighted by Gasteiger charge is 2.13. The van der Waals surface area contributed by atoms with Crippen molar-refractivity contribution in [2.24, 2.45) is 0 Å². The van der Waals surface area contributed by atoms with E-state index in [9.17, 15) is 4.79 Å². The minimum absolute atomic E-state index is 0.00482.